The van der Waals surface area contributed by atoms with E-state index in [1.54, 1.807) is 12.1 Å². The zero-order valence-corrected chi connectivity index (χ0v) is 15.5. The SMILES string of the molecule is COC(=O)c1ccccc1Cn1nnc(-c2ccc(CBr)c(C)c2)n1. The summed E-state index contributed by atoms with van der Waals surface area (Å²) in [7, 11) is 1.36. The first-order valence-electron chi connectivity index (χ1n) is 7.72. The van der Waals surface area contributed by atoms with Crippen LogP contribution in [0.25, 0.3) is 11.4 Å². The summed E-state index contributed by atoms with van der Waals surface area (Å²) >= 11 is 3.47. The van der Waals surface area contributed by atoms with Crippen LogP contribution in [-0.2, 0) is 16.6 Å². The first kappa shape index (κ1) is 17.3. The number of nitrogens with zero attached hydrogens (tertiary/aromatic N) is 4. The van der Waals surface area contributed by atoms with E-state index in [1.165, 1.54) is 23.0 Å². The lowest BCUT2D eigenvalue weighted by atomic mass is 10.1. The smallest absolute Gasteiger partial charge is 0.338 e. The minimum absolute atomic E-state index is 0.344. The quantitative estimate of drug-likeness (QED) is 0.484. The zero-order chi connectivity index (χ0) is 17.8. The molecule has 0 saturated heterocycles. The molecule has 6 nitrogen and oxygen atoms in total. The number of hydrogen-bond donors (Lipinski definition) is 0. The molecular formula is C18H17BrN4O2. The highest BCUT2D eigenvalue weighted by Gasteiger charge is 2.13. The summed E-state index contributed by atoms with van der Waals surface area (Å²) in [5.41, 5.74) is 4.59. The van der Waals surface area contributed by atoms with Gasteiger partial charge in [0, 0.05) is 10.9 Å². The largest absolute Gasteiger partial charge is 0.465 e. The van der Waals surface area contributed by atoms with E-state index in [0.29, 0.717) is 17.9 Å². The fraction of sp³-hybridized carbons (Fsp3) is 0.222. The van der Waals surface area contributed by atoms with Crippen molar-refractivity contribution in [3.05, 3.63) is 64.7 Å². The molecule has 128 valence electrons. The van der Waals surface area contributed by atoms with Gasteiger partial charge in [-0.1, -0.05) is 46.3 Å². The van der Waals surface area contributed by atoms with Crippen molar-refractivity contribution in [2.45, 2.75) is 18.8 Å². The standard InChI is InChI=1S/C18H17BrN4O2/c1-12-9-13(7-8-14(12)10-19)17-20-22-23(21-17)11-15-5-3-4-6-16(15)18(24)25-2/h3-9H,10-11H2,1-2H3. The van der Waals surface area contributed by atoms with Gasteiger partial charge in [-0.05, 0) is 41.0 Å². The molecule has 0 saturated carbocycles. The summed E-state index contributed by atoms with van der Waals surface area (Å²) in [4.78, 5) is 13.3. The summed E-state index contributed by atoms with van der Waals surface area (Å²) in [6, 6.07) is 13.3. The van der Waals surface area contributed by atoms with Gasteiger partial charge in [-0.15, -0.1) is 10.2 Å². The molecule has 7 heteroatoms. The molecule has 3 rings (SSSR count). The minimum atomic E-state index is -0.378. The Labute approximate surface area is 153 Å². The molecule has 0 atom stereocenters. The normalized spacial score (nSPS) is 10.7. The Balaban J connectivity index is 1.86. The van der Waals surface area contributed by atoms with Crippen LogP contribution in [0.2, 0.25) is 0 Å². The number of halogens is 1. The Morgan fingerprint density at radius 2 is 2.00 bits per heavy atom. The van der Waals surface area contributed by atoms with E-state index >= 15 is 0 Å². The lowest BCUT2D eigenvalue weighted by Crippen LogP contribution is -2.10. The van der Waals surface area contributed by atoms with Gasteiger partial charge in [0.15, 0.2) is 0 Å². The molecule has 1 heterocycles. The van der Waals surface area contributed by atoms with Crippen LogP contribution in [0.1, 0.15) is 27.0 Å². The summed E-state index contributed by atoms with van der Waals surface area (Å²) in [5.74, 6) is 0.177. The number of ether oxygens (including phenoxy) is 1. The highest BCUT2D eigenvalue weighted by atomic mass is 79.9. The zero-order valence-electron chi connectivity index (χ0n) is 13.9. The van der Waals surface area contributed by atoms with E-state index in [9.17, 15) is 4.79 Å². The van der Waals surface area contributed by atoms with Gasteiger partial charge in [-0.3, -0.25) is 0 Å². The molecule has 25 heavy (non-hydrogen) atoms. The lowest BCUT2D eigenvalue weighted by molar-refractivity contribution is 0.0599. The van der Waals surface area contributed by atoms with Crippen LogP contribution in [0, 0.1) is 6.92 Å². The topological polar surface area (TPSA) is 69.9 Å². The van der Waals surface area contributed by atoms with Crippen molar-refractivity contribution in [2.24, 2.45) is 0 Å². The van der Waals surface area contributed by atoms with Gasteiger partial charge in [0.05, 0.1) is 19.2 Å². The highest BCUT2D eigenvalue weighted by molar-refractivity contribution is 9.08. The predicted octanol–water partition coefficient (Wildman–Crippen LogP) is 3.38. The maximum atomic E-state index is 11.9. The summed E-state index contributed by atoms with van der Waals surface area (Å²) in [6.45, 7) is 2.40. The van der Waals surface area contributed by atoms with Crippen molar-refractivity contribution >= 4 is 21.9 Å². The number of benzene rings is 2. The van der Waals surface area contributed by atoms with Crippen molar-refractivity contribution in [3.8, 4) is 11.4 Å². The Kier molecular flexibility index (Phi) is 5.23. The molecule has 1 aromatic heterocycles. The van der Waals surface area contributed by atoms with Gasteiger partial charge in [-0.2, -0.15) is 4.80 Å². The Hall–Kier alpha value is -2.54. The molecule has 2 aromatic carbocycles. The molecule has 0 aliphatic carbocycles. The number of carbonyl (C=O) groups is 1. The Morgan fingerprint density at radius 1 is 1.20 bits per heavy atom. The van der Waals surface area contributed by atoms with E-state index < -0.39 is 0 Å². The second kappa shape index (κ2) is 7.57. The van der Waals surface area contributed by atoms with Crippen LogP contribution in [0.4, 0.5) is 0 Å². The van der Waals surface area contributed by atoms with Crippen LogP contribution in [0.5, 0.6) is 0 Å². The molecule has 0 aliphatic heterocycles. The molecule has 0 spiro atoms. The molecule has 0 amide bonds. The van der Waals surface area contributed by atoms with Gasteiger partial charge in [0.2, 0.25) is 5.82 Å². The van der Waals surface area contributed by atoms with Crippen molar-refractivity contribution < 1.29 is 9.53 Å². The monoisotopic (exact) mass is 400 g/mol. The molecule has 0 fully saturated rings. The van der Waals surface area contributed by atoms with E-state index in [2.05, 4.69) is 38.3 Å². The maximum absolute atomic E-state index is 11.9. The fourth-order valence-corrected chi connectivity index (χ4v) is 3.16. The number of esters is 1. The van der Waals surface area contributed by atoms with Crippen LogP contribution >= 0.6 is 15.9 Å². The summed E-state index contributed by atoms with van der Waals surface area (Å²) < 4.78 is 4.82. The summed E-state index contributed by atoms with van der Waals surface area (Å²) in [5, 5.41) is 13.5. The Bertz CT molecular complexity index is 908. The number of methoxy groups -OCH3 is 1. The lowest BCUT2D eigenvalue weighted by Gasteiger charge is -2.06. The predicted molar refractivity (Wildman–Crippen MR) is 97.5 cm³/mol. The van der Waals surface area contributed by atoms with E-state index in [4.69, 9.17) is 4.74 Å². The molecule has 0 bridgehead atoms. The second-order valence-corrected chi connectivity index (χ2v) is 6.13. The third kappa shape index (κ3) is 3.76. The van der Waals surface area contributed by atoms with Crippen LogP contribution in [0.15, 0.2) is 42.5 Å². The molecule has 0 aliphatic rings. The summed E-state index contributed by atoms with van der Waals surface area (Å²) in [6.07, 6.45) is 0. The van der Waals surface area contributed by atoms with E-state index in [0.717, 1.165) is 16.5 Å². The number of aromatic nitrogens is 4. The molecule has 0 N–H and O–H groups in total. The van der Waals surface area contributed by atoms with E-state index in [-0.39, 0.29) is 5.97 Å². The first-order valence-corrected chi connectivity index (χ1v) is 8.84. The van der Waals surface area contributed by atoms with Crippen LogP contribution in [-0.4, -0.2) is 33.3 Å². The number of tetrazole rings is 1. The third-order valence-corrected chi connectivity index (χ3v) is 4.54. The average molecular weight is 401 g/mol. The van der Waals surface area contributed by atoms with E-state index in [1.807, 2.05) is 30.3 Å². The minimum Gasteiger partial charge on any atom is -0.465 e. The van der Waals surface area contributed by atoms with Crippen molar-refractivity contribution in [1.29, 1.82) is 0 Å². The fourth-order valence-electron chi connectivity index (χ4n) is 2.53. The first-order chi connectivity index (χ1) is 12.1. The Morgan fingerprint density at radius 3 is 2.72 bits per heavy atom. The van der Waals surface area contributed by atoms with Crippen LogP contribution in [0.3, 0.4) is 0 Å². The molecule has 3 aromatic rings. The maximum Gasteiger partial charge on any atom is 0.338 e. The van der Waals surface area contributed by atoms with Crippen molar-refractivity contribution in [3.63, 3.8) is 0 Å². The van der Waals surface area contributed by atoms with Crippen molar-refractivity contribution in [2.75, 3.05) is 7.11 Å². The second-order valence-electron chi connectivity index (χ2n) is 5.57. The van der Waals surface area contributed by atoms with Gasteiger partial charge in [0.1, 0.15) is 0 Å². The van der Waals surface area contributed by atoms with Gasteiger partial charge in [0.25, 0.3) is 0 Å². The molecular weight excluding hydrogens is 384 g/mol. The molecule has 0 radical (unpaired) electrons. The number of rotatable bonds is 5. The third-order valence-electron chi connectivity index (χ3n) is 3.93. The number of hydrogen-bond acceptors (Lipinski definition) is 5. The average Bonchev–Trinajstić information content (AvgIpc) is 3.10. The highest BCUT2D eigenvalue weighted by Crippen LogP contribution is 2.20. The molecule has 0 unspecified atom stereocenters. The van der Waals surface area contributed by atoms with Crippen LogP contribution < -0.4 is 0 Å². The van der Waals surface area contributed by atoms with Gasteiger partial charge in [-0.25, -0.2) is 4.79 Å². The van der Waals surface area contributed by atoms with Gasteiger partial charge >= 0.3 is 5.97 Å². The number of carbonyl (C=O) groups excluding carboxylic acids is 1. The number of alkyl halides is 1. The van der Waals surface area contributed by atoms with Crippen molar-refractivity contribution in [1.82, 2.24) is 20.2 Å². The number of aryl methyl sites for hydroxylation is 1. The van der Waals surface area contributed by atoms with Gasteiger partial charge < -0.3 is 4.74 Å².